The first kappa shape index (κ1) is 10.5. The van der Waals surface area contributed by atoms with Gasteiger partial charge in [0.2, 0.25) is 0 Å². The molecule has 0 aromatic heterocycles. The molecule has 1 rings (SSSR count). The summed E-state index contributed by atoms with van der Waals surface area (Å²) in [5, 5.41) is 0. The predicted molar refractivity (Wildman–Crippen MR) is 59.3 cm³/mol. The predicted octanol–water partition coefficient (Wildman–Crippen LogP) is 2.92. The van der Waals surface area contributed by atoms with Crippen LogP contribution in [-0.2, 0) is 9.53 Å². The fraction of sp³-hybridized carbons (Fsp3) is 0.300. The van der Waals surface area contributed by atoms with Crippen molar-refractivity contribution in [3.05, 3.63) is 33.4 Å². The summed E-state index contributed by atoms with van der Waals surface area (Å²) in [6.07, 6.45) is -0.160. The van der Waals surface area contributed by atoms with Crippen molar-refractivity contribution in [3.63, 3.8) is 0 Å². The van der Waals surface area contributed by atoms with Crippen LogP contribution in [0.3, 0.4) is 0 Å². The minimum atomic E-state index is -0.244. The van der Waals surface area contributed by atoms with Crippen molar-refractivity contribution in [2.45, 2.75) is 20.0 Å². The van der Waals surface area contributed by atoms with E-state index < -0.39 is 0 Å². The number of esters is 1. The van der Waals surface area contributed by atoms with E-state index in [2.05, 4.69) is 22.6 Å². The van der Waals surface area contributed by atoms with Crippen LogP contribution in [0.25, 0.3) is 0 Å². The molecule has 0 spiro atoms. The van der Waals surface area contributed by atoms with E-state index in [0.717, 1.165) is 9.13 Å². The van der Waals surface area contributed by atoms with E-state index in [1.165, 1.54) is 6.92 Å². The third-order valence-electron chi connectivity index (χ3n) is 1.66. The summed E-state index contributed by atoms with van der Waals surface area (Å²) in [7, 11) is 0. The molecule has 70 valence electrons. The molecule has 3 heteroatoms. The van der Waals surface area contributed by atoms with Gasteiger partial charge in [0.05, 0.1) is 0 Å². The van der Waals surface area contributed by atoms with E-state index in [1.54, 1.807) is 0 Å². The van der Waals surface area contributed by atoms with Crippen LogP contribution in [0.15, 0.2) is 24.3 Å². The zero-order valence-electron chi connectivity index (χ0n) is 7.58. The first-order valence-corrected chi connectivity index (χ1v) is 5.10. The number of hydrogen-bond donors (Lipinski definition) is 0. The zero-order valence-corrected chi connectivity index (χ0v) is 9.74. The summed E-state index contributed by atoms with van der Waals surface area (Å²) in [5.41, 5.74) is 1.03. The second-order valence-electron chi connectivity index (χ2n) is 2.81. The van der Waals surface area contributed by atoms with Crippen LogP contribution in [-0.4, -0.2) is 5.97 Å². The Bertz CT molecular complexity index is 310. The Morgan fingerprint density at radius 2 is 2.23 bits per heavy atom. The highest BCUT2D eigenvalue weighted by molar-refractivity contribution is 14.1. The lowest BCUT2D eigenvalue weighted by molar-refractivity contribution is -0.145. The Kier molecular flexibility index (Phi) is 3.71. The molecule has 0 heterocycles. The van der Waals surface area contributed by atoms with Gasteiger partial charge >= 0.3 is 5.97 Å². The van der Waals surface area contributed by atoms with Gasteiger partial charge in [0, 0.05) is 10.5 Å². The summed E-state index contributed by atoms with van der Waals surface area (Å²) in [6, 6.07) is 7.92. The zero-order chi connectivity index (χ0) is 9.84. The van der Waals surface area contributed by atoms with Crippen molar-refractivity contribution in [2.75, 3.05) is 0 Å². The summed E-state index contributed by atoms with van der Waals surface area (Å²) >= 11 is 2.23. The van der Waals surface area contributed by atoms with E-state index in [9.17, 15) is 4.79 Å². The topological polar surface area (TPSA) is 26.3 Å². The number of carbonyl (C=O) groups excluding carboxylic acids is 1. The summed E-state index contributed by atoms with van der Waals surface area (Å²) in [6.45, 7) is 3.29. The molecule has 0 aliphatic rings. The first-order valence-electron chi connectivity index (χ1n) is 4.02. The van der Waals surface area contributed by atoms with Crippen LogP contribution >= 0.6 is 22.6 Å². The Labute approximate surface area is 91.4 Å². The highest BCUT2D eigenvalue weighted by Crippen LogP contribution is 2.18. The number of ether oxygens (including phenoxy) is 1. The average Bonchev–Trinajstić information content (AvgIpc) is 2.03. The minimum Gasteiger partial charge on any atom is -0.458 e. The van der Waals surface area contributed by atoms with Crippen molar-refractivity contribution < 1.29 is 9.53 Å². The van der Waals surface area contributed by atoms with E-state index in [0.29, 0.717) is 0 Å². The lowest BCUT2D eigenvalue weighted by atomic mass is 10.1. The van der Waals surface area contributed by atoms with Gasteiger partial charge in [0.25, 0.3) is 0 Å². The Morgan fingerprint density at radius 3 is 2.77 bits per heavy atom. The second kappa shape index (κ2) is 4.60. The molecule has 0 aliphatic carbocycles. The van der Waals surface area contributed by atoms with Crippen LogP contribution in [0.2, 0.25) is 0 Å². The van der Waals surface area contributed by atoms with Gasteiger partial charge < -0.3 is 4.74 Å². The molecular formula is C10H11IO2. The van der Waals surface area contributed by atoms with Crippen LogP contribution in [0.1, 0.15) is 25.5 Å². The fourth-order valence-electron chi connectivity index (χ4n) is 1.08. The molecule has 1 atom stereocenters. The Hall–Kier alpha value is -0.580. The molecule has 0 unspecified atom stereocenters. The largest absolute Gasteiger partial charge is 0.458 e. The van der Waals surface area contributed by atoms with Crippen molar-refractivity contribution in [1.82, 2.24) is 0 Å². The van der Waals surface area contributed by atoms with Crippen LogP contribution < -0.4 is 0 Å². The third-order valence-corrected chi connectivity index (χ3v) is 2.33. The lowest BCUT2D eigenvalue weighted by Gasteiger charge is -2.11. The maximum Gasteiger partial charge on any atom is 0.303 e. The monoisotopic (exact) mass is 290 g/mol. The van der Waals surface area contributed by atoms with Crippen LogP contribution in [0, 0.1) is 3.57 Å². The van der Waals surface area contributed by atoms with E-state index >= 15 is 0 Å². The highest BCUT2D eigenvalue weighted by atomic mass is 127. The molecule has 1 aromatic carbocycles. The quantitative estimate of drug-likeness (QED) is 0.618. The van der Waals surface area contributed by atoms with Gasteiger partial charge in [-0.15, -0.1) is 0 Å². The smallest absolute Gasteiger partial charge is 0.303 e. The molecule has 0 amide bonds. The lowest BCUT2D eigenvalue weighted by Crippen LogP contribution is -2.04. The van der Waals surface area contributed by atoms with Crippen molar-refractivity contribution in [3.8, 4) is 0 Å². The van der Waals surface area contributed by atoms with Gasteiger partial charge in [-0.1, -0.05) is 12.1 Å². The average molecular weight is 290 g/mol. The van der Waals surface area contributed by atoms with Gasteiger partial charge in [-0.2, -0.15) is 0 Å². The molecule has 0 fully saturated rings. The number of hydrogen-bond acceptors (Lipinski definition) is 2. The third kappa shape index (κ3) is 3.34. The summed E-state index contributed by atoms with van der Waals surface area (Å²) in [4.78, 5) is 10.7. The Morgan fingerprint density at radius 1 is 1.54 bits per heavy atom. The molecule has 1 aromatic rings. The van der Waals surface area contributed by atoms with E-state index in [4.69, 9.17) is 4.74 Å². The van der Waals surface area contributed by atoms with Crippen LogP contribution in [0.5, 0.6) is 0 Å². The van der Waals surface area contributed by atoms with Gasteiger partial charge in [0.1, 0.15) is 6.10 Å². The normalized spacial score (nSPS) is 12.2. The first-order chi connectivity index (χ1) is 6.09. The number of halogens is 1. The molecule has 13 heavy (non-hydrogen) atoms. The summed E-state index contributed by atoms with van der Waals surface area (Å²) in [5.74, 6) is -0.244. The molecule has 0 bridgehead atoms. The number of carbonyl (C=O) groups is 1. The SMILES string of the molecule is CC(=O)O[C@H](C)c1cccc(I)c1. The number of rotatable bonds is 2. The molecule has 0 radical (unpaired) electrons. The number of benzene rings is 1. The molecule has 0 aliphatic heterocycles. The maximum absolute atomic E-state index is 10.7. The molecule has 0 saturated heterocycles. The van der Waals surface area contributed by atoms with Crippen molar-refractivity contribution in [2.24, 2.45) is 0 Å². The van der Waals surface area contributed by atoms with Gasteiger partial charge in [-0.05, 0) is 47.2 Å². The van der Waals surface area contributed by atoms with E-state index in [1.807, 2.05) is 31.2 Å². The second-order valence-corrected chi connectivity index (χ2v) is 4.05. The highest BCUT2D eigenvalue weighted by Gasteiger charge is 2.07. The van der Waals surface area contributed by atoms with Crippen LogP contribution in [0.4, 0.5) is 0 Å². The van der Waals surface area contributed by atoms with E-state index in [-0.39, 0.29) is 12.1 Å². The standard InChI is InChI=1S/C10H11IO2/c1-7(13-8(2)12)9-4-3-5-10(11)6-9/h3-7H,1-2H3/t7-/m1/s1. The van der Waals surface area contributed by atoms with Gasteiger partial charge in [-0.25, -0.2) is 0 Å². The maximum atomic E-state index is 10.7. The molecule has 2 nitrogen and oxygen atoms in total. The molecule has 0 N–H and O–H groups in total. The van der Waals surface area contributed by atoms with Crippen molar-refractivity contribution in [1.29, 1.82) is 0 Å². The van der Waals surface area contributed by atoms with Gasteiger partial charge in [-0.3, -0.25) is 4.79 Å². The van der Waals surface area contributed by atoms with Gasteiger partial charge in [0.15, 0.2) is 0 Å². The molecule has 0 saturated carbocycles. The molecular weight excluding hydrogens is 279 g/mol. The minimum absolute atomic E-state index is 0.160. The summed E-state index contributed by atoms with van der Waals surface area (Å²) < 4.78 is 6.20. The Balaban J connectivity index is 2.76. The van der Waals surface area contributed by atoms with Crippen molar-refractivity contribution >= 4 is 28.6 Å². The fourth-order valence-corrected chi connectivity index (χ4v) is 1.64.